The quantitative estimate of drug-likeness (QED) is 0.830. The maximum atomic E-state index is 12.3. The van der Waals surface area contributed by atoms with Crippen LogP contribution in [0.2, 0.25) is 5.02 Å². The van der Waals surface area contributed by atoms with Crippen LogP contribution in [-0.2, 0) is 0 Å². The molecule has 0 aliphatic heterocycles. The molecule has 0 unspecified atom stereocenters. The van der Waals surface area contributed by atoms with E-state index in [0.29, 0.717) is 22.4 Å². The lowest BCUT2D eigenvalue weighted by atomic mass is 9.78. The first-order valence-electron chi connectivity index (χ1n) is 6.69. The molecule has 19 heavy (non-hydrogen) atoms. The van der Waals surface area contributed by atoms with Gasteiger partial charge in [-0.05, 0) is 43.7 Å². The summed E-state index contributed by atoms with van der Waals surface area (Å²) in [7, 11) is 0. The van der Waals surface area contributed by atoms with Gasteiger partial charge in [0.05, 0.1) is 16.1 Å². The van der Waals surface area contributed by atoms with Gasteiger partial charge in [-0.2, -0.15) is 0 Å². The Balaban J connectivity index is 2.11. The third-order valence-corrected chi connectivity index (χ3v) is 4.83. The summed E-state index contributed by atoms with van der Waals surface area (Å²) in [6.45, 7) is 2.24. The molecule has 1 aromatic rings. The fourth-order valence-electron chi connectivity index (χ4n) is 2.56. The van der Waals surface area contributed by atoms with Gasteiger partial charge in [0.2, 0.25) is 0 Å². The first-order valence-corrected chi connectivity index (χ1v) is 7.60. The molecule has 1 aliphatic carbocycles. The van der Waals surface area contributed by atoms with Crippen molar-refractivity contribution in [3.63, 3.8) is 0 Å². The average Bonchev–Trinajstić information content (AvgIpc) is 2.42. The number of amides is 1. The number of rotatable bonds is 3. The van der Waals surface area contributed by atoms with Gasteiger partial charge in [-0.25, -0.2) is 0 Å². The van der Waals surface area contributed by atoms with Crippen molar-refractivity contribution in [2.24, 2.45) is 5.92 Å². The average molecular weight is 300 g/mol. The van der Waals surface area contributed by atoms with Crippen LogP contribution in [0, 0.1) is 5.92 Å². The monoisotopic (exact) mass is 299 g/mol. The van der Waals surface area contributed by atoms with Crippen LogP contribution in [-0.4, -0.2) is 17.3 Å². The van der Waals surface area contributed by atoms with E-state index in [1.807, 2.05) is 12.1 Å². The second kappa shape index (κ2) is 6.15. The number of carbonyl (C=O) groups is 1. The van der Waals surface area contributed by atoms with E-state index in [2.05, 4.69) is 12.2 Å². The molecule has 0 radical (unpaired) electrons. The number of carbonyl (C=O) groups excluding carboxylic acids is 1. The van der Waals surface area contributed by atoms with Crippen molar-refractivity contribution < 1.29 is 4.79 Å². The van der Waals surface area contributed by atoms with Gasteiger partial charge in [0.15, 0.2) is 0 Å². The van der Waals surface area contributed by atoms with Gasteiger partial charge >= 0.3 is 0 Å². The van der Waals surface area contributed by atoms with Crippen LogP contribution in [0.3, 0.4) is 0 Å². The Morgan fingerprint density at radius 1 is 1.37 bits per heavy atom. The molecular formula is C15H19Cl2NO. The standard InChI is InChI=1S/C15H19Cl2NO/c1-11-6-8-15(10-16,9-7-11)18-14(19)12-4-2-3-5-13(12)17/h2-5,11H,6-10H2,1H3,(H,18,19). The van der Waals surface area contributed by atoms with Crippen molar-refractivity contribution in [3.8, 4) is 0 Å². The van der Waals surface area contributed by atoms with Crippen LogP contribution in [0.25, 0.3) is 0 Å². The largest absolute Gasteiger partial charge is 0.345 e. The molecule has 0 bridgehead atoms. The Hall–Kier alpha value is -0.730. The molecule has 0 heterocycles. The molecule has 1 N–H and O–H groups in total. The fraction of sp³-hybridized carbons (Fsp3) is 0.533. The summed E-state index contributed by atoms with van der Waals surface area (Å²) >= 11 is 12.2. The summed E-state index contributed by atoms with van der Waals surface area (Å²) in [6, 6.07) is 7.10. The normalized spacial score (nSPS) is 27.0. The van der Waals surface area contributed by atoms with E-state index in [-0.39, 0.29) is 11.4 Å². The lowest BCUT2D eigenvalue weighted by Gasteiger charge is -2.38. The van der Waals surface area contributed by atoms with Crippen LogP contribution < -0.4 is 5.32 Å². The second-order valence-electron chi connectivity index (χ2n) is 5.53. The second-order valence-corrected chi connectivity index (χ2v) is 6.20. The Morgan fingerprint density at radius 3 is 2.58 bits per heavy atom. The zero-order chi connectivity index (χ0) is 13.9. The van der Waals surface area contributed by atoms with Crippen LogP contribution in [0.15, 0.2) is 24.3 Å². The van der Waals surface area contributed by atoms with Gasteiger partial charge in [-0.1, -0.05) is 30.7 Å². The molecule has 0 atom stereocenters. The van der Waals surface area contributed by atoms with Gasteiger partial charge in [0.25, 0.3) is 5.91 Å². The molecule has 2 nitrogen and oxygen atoms in total. The van der Waals surface area contributed by atoms with E-state index >= 15 is 0 Å². The van der Waals surface area contributed by atoms with Crippen molar-refractivity contribution >= 4 is 29.1 Å². The summed E-state index contributed by atoms with van der Waals surface area (Å²) in [5.74, 6) is 1.05. The minimum atomic E-state index is -0.273. The molecule has 104 valence electrons. The van der Waals surface area contributed by atoms with Gasteiger partial charge < -0.3 is 5.32 Å². The first kappa shape index (κ1) is 14.7. The number of benzene rings is 1. The number of hydrogen-bond donors (Lipinski definition) is 1. The van der Waals surface area contributed by atoms with Crippen LogP contribution in [0.1, 0.15) is 43.0 Å². The van der Waals surface area contributed by atoms with Crippen molar-refractivity contribution in [1.29, 1.82) is 0 Å². The van der Waals surface area contributed by atoms with Gasteiger partial charge in [0.1, 0.15) is 0 Å². The van der Waals surface area contributed by atoms with Crippen molar-refractivity contribution in [3.05, 3.63) is 34.9 Å². The highest BCUT2D eigenvalue weighted by atomic mass is 35.5. The number of alkyl halides is 1. The summed E-state index contributed by atoms with van der Waals surface area (Å²) < 4.78 is 0. The predicted molar refractivity (Wildman–Crippen MR) is 80.0 cm³/mol. The van der Waals surface area contributed by atoms with E-state index in [0.717, 1.165) is 25.7 Å². The molecule has 0 aromatic heterocycles. The first-order chi connectivity index (χ1) is 9.06. The Labute approximate surface area is 124 Å². The molecule has 0 spiro atoms. The van der Waals surface area contributed by atoms with Crippen molar-refractivity contribution in [2.75, 3.05) is 5.88 Å². The third-order valence-electron chi connectivity index (χ3n) is 3.98. The topological polar surface area (TPSA) is 29.1 Å². The smallest absolute Gasteiger partial charge is 0.253 e. The van der Waals surface area contributed by atoms with Crippen LogP contribution >= 0.6 is 23.2 Å². The highest BCUT2D eigenvalue weighted by Gasteiger charge is 2.35. The molecule has 1 fully saturated rings. The van der Waals surface area contributed by atoms with Crippen LogP contribution in [0.4, 0.5) is 0 Å². The lowest BCUT2D eigenvalue weighted by Crippen LogP contribution is -2.52. The highest BCUT2D eigenvalue weighted by Crippen LogP contribution is 2.33. The van der Waals surface area contributed by atoms with E-state index in [4.69, 9.17) is 23.2 Å². The molecule has 4 heteroatoms. The zero-order valence-electron chi connectivity index (χ0n) is 11.1. The third kappa shape index (κ3) is 3.43. The maximum Gasteiger partial charge on any atom is 0.253 e. The molecule has 2 rings (SSSR count). The minimum Gasteiger partial charge on any atom is -0.345 e. The lowest BCUT2D eigenvalue weighted by molar-refractivity contribution is 0.0872. The summed E-state index contributed by atoms with van der Waals surface area (Å²) in [4.78, 5) is 12.3. The molecule has 1 aliphatic rings. The highest BCUT2D eigenvalue weighted by molar-refractivity contribution is 6.33. The minimum absolute atomic E-state index is 0.124. The SMILES string of the molecule is CC1CCC(CCl)(NC(=O)c2ccccc2Cl)CC1. The molecule has 1 aromatic carbocycles. The molecular weight excluding hydrogens is 281 g/mol. The molecule has 0 saturated heterocycles. The summed E-state index contributed by atoms with van der Waals surface area (Å²) in [5, 5.41) is 3.58. The Bertz CT molecular complexity index is 453. The zero-order valence-corrected chi connectivity index (χ0v) is 12.6. The van der Waals surface area contributed by atoms with Crippen LogP contribution in [0.5, 0.6) is 0 Å². The van der Waals surface area contributed by atoms with Crippen molar-refractivity contribution in [1.82, 2.24) is 5.32 Å². The number of nitrogens with one attached hydrogen (secondary N) is 1. The van der Waals surface area contributed by atoms with Gasteiger partial charge in [-0.3, -0.25) is 4.79 Å². The van der Waals surface area contributed by atoms with E-state index in [1.165, 1.54) is 0 Å². The van der Waals surface area contributed by atoms with Gasteiger partial charge in [-0.15, -0.1) is 11.6 Å². The Kier molecular flexibility index (Phi) is 4.75. The number of halogens is 2. The van der Waals surface area contributed by atoms with Crippen molar-refractivity contribution in [2.45, 2.75) is 38.1 Å². The molecule has 1 amide bonds. The van der Waals surface area contributed by atoms with Gasteiger partial charge in [0, 0.05) is 5.88 Å². The molecule has 1 saturated carbocycles. The summed E-state index contributed by atoms with van der Waals surface area (Å²) in [6.07, 6.45) is 4.09. The predicted octanol–water partition coefficient (Wildman–Crippen LogP) is 4.26. The maximum absolute atomic E-state index is 12.3. The summed E-state index contributed by atoms with van der Waals surface area (Å²) in [5.41, 5.74) is 0.247. The van der Waals surface area contributed by atoms with E-state index in [9.17, 15) is 4.79 Å². The number of hydrogen-bond acceptors (Lipinski definition) is 1. The fourth-order valence-corrected chi connectivity index (χ4v) is 3.12. The van der Waals surface area contributed by atoms with E-state index < -0.39 is 0 Å². The van der Waals surface area contributed by atoms with E-state index in [1.54, 1.807) is 12.1 Å². The Morgan fingerprint density at radius 2 is 2.00 bits per heavy atom.